The number of hydrogen-bond acceptors (Lipinski definition) is 6. The molecule has 0 aromatic rings. The number of hydrogen-bond donors (Lipinski definition) is 2. The summed E-state index contributed by atoms with van der Waals surface area (Å²) in [5.74, 6) is -0.850. The molecule has 0 aliphatic carbocycles. The van der Waals surface area contributed by atoms with Crippen LogP contribution in [-0.2, 0) is 23.9 Å². The van der Waals surface area contributed by atoms with Crippen LogP contribution in [-0.4, -0.2) is 73.3 Å². The minimum atomic E-state index is -0.815. The summed E-state index contributed by atoms with van der Waals surface area (Å²) < 4.78 is 10.6. The molecule has 0 bridgehead atoms. The van der Waals surface area contributed by atoms with Crippen molar-refractivity contribution in [1.29, 1.82) is 0 Å². The number of nitrogens with zero attached hydrogens (tertiary/aromatic N) is 1. The summed E-state index contributed by atoms with van der Waals surface area (Å²) in [5.41, 5.74) is -0.815. The van der Waals surface area contributed by atoms with Gasteiger partial charge in [0.1, 0.15) is 5.60 Å². The van der Waals surface area contributed by atoms with Crippen LogP contribution in [0.1, 0.15) is 149 Å². The first kappa shape index (κ1) is 39.3. The highest BCUT2D eigenvalue weighted by Gasteiger charge is 2.26. The number of rotatable bonds is 30. The topological polar surface area (TPSA) is 105 Å². The van der Waals surface area contributed by atoms with Gasteiger partial charge >= 0.3 is 11.9 Å². The highest BCUT2D eigenvalue weighted by Crippen LogP contribution is 2.11. The highest BCUT2D eigenvalue weighted by atomic mass is 16.5. The van der Waals surface area contributed by atoms with Crippen molar-refractivity contribution >= 4 is 17.8 Å². The van der Waals surface area contributed by atoms with E-state index in [1.165, 1.54) is 32.1 Å². The standard InChI is InChI=1S/C33H64N2O6/c1-5-6-7-8-9-16-21-29-41-31(38)24-18-13-11-15-20-27-35(26-19-14-10-12-17-23-30(36)37)28-22-25-34-32(39)33(2,3)40-4/h5-29H2,1-4H3,(H,34,39)(H,36,37). The third-order valence-electron chi connectivity index (χ3n) is 7.72. The SMILES string of the molecule is CCCCCCCCCOC(=O)CCCCCCCN(CCCCCCCC(=O)O)CCCNC(=O)C(C)(C)OC. The van der Waals surface area contributed by atoms with Crippen LogP contribution in [0.5, 0.6) is 0 Å². The van der Waals surface area contributed by atoms with E-state index in [4.69, 9.17) is 14.6 Å². The molecule has 0 rings (SSSR count). The Hall–Kier alpha value is -1.67. The summed E-state index contributed by atoms with van der Waals surface area (Å²) in [6.45, 7) is 9.98. The minimum absolute atomic E-state index is 0.0499. The van der Waals surface area contributed by atoms with Crippen molar-refractivity contribution in [1.82, 2.24) is 10.2 Å². The van der Waals surface area contributed by atoms with Gasteiger partial charge in [0.25, 0.3) is 5.91 Å². The molecule has 0 saturated heterocycles. The summed E-state index contributed by atoms with van der Waals surface area (Å²) in [4.78, 5) is 37.3. The van der Waals surface area contributed by atoms with Crippen molar-refractivity contribution in [3.8, 4) is 0 Å². The van der Waals surface area contributed by atoms with Crippen LogP contribution in [0.15, 0.2) is 0 Å². The van der Waals surface area contributed by atoms with Gasteiger partial charge < -0.3 is 24.8 Å². The molecular weight excluding hydrogens is 520 g/mol. The Balaban J connectivity index is 4.06. The Morgan fingerprint density at radius 2 is 1.17 bits per heavy atom. The van der Waals surface area contributed by atoms with E-state index in [1.54, 1.807) is 21.0 Å². The lowest BCUT2D eigenvalue weighted by molar-refractivity contribution is -0.144. The predicted molar refractivity (Wildman–Crippen MR) is 167 cm³/mol. The number of ether oxygens (including phenoxy) is 2. The third kappa shape index (κ3) is 25.7. The largest absolute Gasteiger partial charge is 0.481 e. The van der Waals surface area contributed by atoms with E-state index in [0.29, 0.717) is 19.6 Å². The second kappa shape index (κ2) is 27.2. The van der Waals surface area contributed by atoms with Crippen molar-refractivity contribution in [2.75, 3.05) is 39.9 Å². The Labute approximate surface area is 251 Å². The molecule has 41 heavy (non-hydrogen) atoms. The van der Waals surface area contributed by atoms with E-state index in [1.807, 2.05) is 0 Å². The van der Waals surface area contributed by atoms with Gasteiger partial charge in [0, 0.05) is 26.5 Å². The van der Waals surface area contributed by atoms with E-state index in [-0.39, 0.29) is 18.3 Å². The van der Waals surface area contributed by atoms with E-state index in [2.05, 4.69) is 17.1 Å². The number of carbonyl (C=O) groups is 3. The molecule has 0 aliphatic heterocycles. The number of amides is 1. The van der Waals surface area contributed by atoms with E-state index in [0.717, 1.165) is 103 Å². The van der Waals surface area contributed by atoms with Crippen LogP contribution in [0, 0.1) is 0 Å². The summed E-state index contributed by atoms with van der Waals surface area (Å²) in [5, 5.41) is 11.8. The highest BCUT2D eigenvalue weighted by molar-refractivity contribution is 5.84. The second-order valence-corrected chi connectivity index (χ2v) is 11.9. The second-order valence-electron chi connectivity index (χ2n) is 11.9. The van der Waals surface area contributed by atoms with Gasteiger partial charge in [0.2, 0.25) is 0 Å². The monoisotopic (exact) mass is 584 g/mol. The molecular formula is C33H64N2O6. The number of esters is 1. The maximum atomic E-state index is 12.2. The van der Waals surface area contributed by atoms with E-state index in [9.17, 15) is 14.4 Å². The quantitative estimate of drug-likeness (QED) is 0.0675. The molecule has 0 aromatic carbocycles. The van der Waals surface area contributed by atoms with Crippen LogP contribution < -0.4 is 5.32 Å². The summed E-state index contributed by atoms with van der Waals surface area (Å²) >= 11 is 0. The predicted octanol–water partition coefficient (Wildman–Crippen LogP) is 7.28. The number of carbonyl (C=O) groups excluding carboxylic acids is 2. The lowest BCUT2D eigenvalue weighted by atomic mass is 10.1. The summed E-state index contributed by atoms with van der Waals surface area (Å²) in [7, 11) is 1.55. The van der Waals surface area contributed by atoms with Crippen LogP contribution >= 0.6 is 0 Å². The van der Waals surface area contributed by atoms with Crippen LogP contribution in [0.4, 0.5) is 0 Å². The Morgan fingerprint density at radius 3 is 1.73 bits per heavy atom. The van der Waals surface area contributed by atoms with Gasteiger partial charge in [-0.15, -0.1) is 0 Å². The van der Waals surface area contributed by atoms with Gasteiger partial charge in [-0.2, -0.15) is 0 Å². The molecule has 0 aliphatic rings. The lowest BCUT2D eigenvalue weighted by Crippen LogP contribution is -2.44. The van der Waals surface area contributed by atoms with Crippen molar-refractivity contribution in [2.24, 2.45) is 0 Å². The molecule has 0 radical (unpaired) electrons. The molecule has 242 valence electrons. The smallest absolute Gasteiger partial charge is 0.305 e. The molecule has 0 aromatic heterocycles. The van der Waals surface area contributed by atoms with Gasteiger partial charge in [0.15, 0.2) is 0 Å². The molecule has 0 saturated carbocycles. The maximum absolute atomic E-state index is 12.2. The van der Waals surface area contributed by atoms with Gasteiger partial charge in [-0.05, 0) is 72.0 Å². The molecule has 0 atom stereocenters. The fourth-order valence-corrected chi connectivity index (χ4v) is 4.74. The molecule has 2 N–H and O–H groups in total. The van der Waals surface area contributed by atoms with Gasteiger partial charge in [-0.3, -0.25) is 14.4 Å². The normalized spacial score (nSPS) is 11.6. The van der Waals surface area contributed by atoms with Crippen molar-refractivity contribution in [3.05, 3.63) is 0 Å². The Bertz CT molecular complexity index is 656. The number of carboxylic acid groups (broad SMARTS) is 1. The van der Waals surface area contributed by atoms with Crippen LogP contribution in [0.25, 0.3) is 0 Å². The van der Waals surface area contributed by atoms with Crippen molar-refractivity contribution in [2.45, 2.75) is 155 Å². The number of methoxy groups -OCH3 is 1. The zero-order valence-electron chi connectivity index (χ0n) is 27.1. The van der Waals surface area contributed by atoms with Crippen LogP contribution in [0.3, 0.4) is 0 Å². The summed E-state index contributed by atoms with van der Waals surface area (Å²) in [6.07, 6.45) is 20.7. The first-order chi connectivity index (χ1) is 19.7. The van der Waals surface area contributed by atoms with Crippen molar-refractivity contribution < 1.29 is 29.0 Å². The first-order valence-electron chi connectivity index (χ1n) is 16.7. The summed E-state index contributed by atoms with van der Waals surface area (Å²) in [6, 6.07) is 0. The maximum Gasteiger partial charge on any atom is 0.305 e. The lowest BCUT2D eigenvalue weighted by Gasteiger charge is -2.24. The average molecular weight is 585 g/mol. The molecule has 0 unspecified atom stereocenters. The molecule has 8 nitrogen and oxygen atoms in total. The van der Waals surface area contributed by atoms with E-state index < -0.39 is 11.6 Å². The first-order valence-corrected chi connectivity index (χ1v) is 16.7. The zero-order valence-corrected chi connectivity index (χ0v) is 27.1. The molecule has 8 heteroatoms. The molecule has 0 heterocycles. The average Bonchev–Trinajstić information content (AvgIpc) is 2.94. The third-order valence-corrected chi connectivity index (χ3v) is 7.72. The Kier molecular flexibility index (Phi) is 26.1. The van der Waals surface area contributed by atoms with Crippen molar-refractivity contribution in [3.63, 3.8) is 0 Å². The van der Waals surface area contributed by atoms with Gasteiger partial charge in [-0.25, -0.2) is 0 Å². The zero-order chi connectivity index (χ0) is 30.6. The molecule has 1 amide bonds. The van der Waals surface area contributed by atoms with E-state index >= 15 is 0 Å². The minimum Gasteiger partial charge on any atom is -0.481 e. The van der Waals surface area contributed by atoms with Gasteiger partial charge in [-0.1, -0.05) is 84.0 Å². The Morgan fingerprint density at radius 1 is 0.683 bits per heavy atom. The van der Waals surface area contributed by atoms with Gasteiger partial charge in [0.05, 0.1) is 6.61 Å². The number of unbranched alkanes of at least 4 members (excludes halogenated alkanes) is 14. The number of nitrogens with one attached hydrogen (secondary N) is 1. The fourth-order valence-electron chi connectivity index (χ4n) is 4.74. The number of carboxylic acids is 1. The molecule has 0 spiro atoms. The molecule has 0 fully saturated rings. The fraction of sp³-hybridized carbons (Fsp3) is 0.909. The van der Waals surface area contributed by atoms with Crippen LogP contribution in [0.2, 0.25) is 0 Å². The number of aliphatic carboxylic acids is 1.